The lowest BCUT2D eigenvalue weighted by atomic mass is 9.86. The number of carbonyl (C=O) groups excluding carboxylic acids is 2. The van der Waals surface area contributed by atoms with Gasteiger partial charge in [0.15, 0.2) is 40.3 Å². The van der Waals surface area contributed by atoms with Crippen LogP contribution in [0.2, 0.25) is 0 Å². The van der Waals surface area contributed by atoms with Gasteiger partial charge in [0, 0.05) is 53.8 Å². The number of aliphatic hydroxyl groups is 1. The molecule has 10 nitrogen and oxygen atoms in total. The van der Waals surface area contributed by atoms with E-state index in [1.54, 1.807) is 38.5 Å². The number of hydrogen-bond acceptors (Lipinski definition) is 10. The number of rotatable bonds is 11. The Balaban J connectivity index is 1.15. The number of Topliss-reactive ketones (excluding diaryl/α,β-unsaturated/α-hetero) is 1. The number of aliphatic hydroxyl groups excluding tert-OH is 1. The van der Waals surface area contributed by atoms with E-state index in [0.717, 1.165) is 55.3 Å². The van der Waals surface area contributed by atoms with Crippen molar-refractivity contribution in [3.05, 3.63) is 135 Å². The predicted octanol–water partition coefficient (Wildman–Crippen LogP) is 8.88. The highest BCUT2D eigenvalue weighted by molar-refractivity contribution is 5.96. The zero-order chi connectivity index (χ0) is 41.0. The minimum Gasteiger partial charge on any atom is -0.493 e. The summed E-state index contributed by atoms with van der Waals surface area (Å²) in [5.74, 6) is 4.37. The van der Waals surface area contributed by atoms with Gasteiger partial charge in [-0.1, -0.05) is 42.5 Å². The minimum atomic E-state index is -0.186. The molecule has 2 atom stereocenters. The highest BCUT2D eigenvalue weighted by Crippen LogP contribution is 2.50. The quantitative estimate of drug-likeness (QED) is 0.0792. The normalized spacial score (nSPS) is 17.4. The van der Waals surface area contributed by atoms with Crippen molar-refractivity contribution in [2.45, 2.75) is 63.6 Å². The van der Waals surface area contributed by atoms with Crippen molar-refractivity contribution in [1.29, 1.82) is 0 Å². The first kappa shape index (κ1) is 40.1. The molecule has 59 heavy (non-hydrogen) atoms. The van der Waals surface area contributed by atoms with Crippen LogP contribution in [0.3, 0.4) is 0 Å². The van der Waals surface area contributed by atoms with Gasteiger partial charge in [-0.05, 0) is 123 Å². The van der Waals surface area contributed by atoms with E-state index in [4.69, 9.17) is 23.7 Å². The van der Waals surface area contributed by atoms with Crippen LogP contribution in [0.15, 0.2) is 84.9 Å². The SMILES string of the molecule is COc1cc2c3cc1Oc1c(OC)c(CO)cc4c1[C@@H](Cc1ccc(OCCCCC(=O)c5ccc(C=O)cc5)c(c1)Oc1ccc(cc1)C[C@@H]3N(C)CC2)N(C)CC4. The van der Waals surface area contributed by atoms with E-state index in [1.165, 1.54) is 16.7 Å². The topological polar surface area (TPSA) is 107 Å². The molecule has 0 aromatic heterocycles. The molecule has 0 fully saturated rings. The van der Waals surface area contributed by atoms with Crippen molar-refractivity contribution in [3.8, 4) is 40.2 Å². The van der Waals surface area contributed by atoms with Crippen LogP contribution in [0.5, 0.6) is 40.2 Å². The van der Waals surface area contributed by atoms with Crippen molar-refractivity contribution >= 4 is 12.1 Å². The Morgan fingerprint density at radius 2 is 1.49 bits per heavy atom. The van der Waals surface area contributed by atoms with Gasteiger partial charge in [0.1, 0.15) is 12.0 Å². The molecule has 6 bridgehead atoms. The molecule has 4 aliphatic rings. The fraction of sp³-hybridized carbons (Fsp3) is 0.347. The predicted molar refractivity (Wildman–Crippen MR) is 226 cm³/mol. The molecule has 4 heterocycles. The van der Waals surface area contributed by atoms with Crippen LogP contribution in [0.4, 0.5) is 0 Å². The second-order valence-electron chi connectivity index (χ2n) is 15.8. The van der Waals surface area contributed by atoms with Gasteiger partial charge in [-0.25, -0.2) is 0 Å². The maximum absolute atomic E-state index is 12.8. The average molecular weight is 797 g/mol. The highest BCUT2D eigenvalue weighted by Gasteiger charge is 2.34. The summed E-state index contributed by atoms with van der Waals surface area (Å²) < 4.78 is 32.1. The van der Waals surface area contributed by atoms with Gasteiger partial charge < -0.3 is 28.8 Å². The van der Waals surface area contributed by atoms with Gasteiger partial charge in [-0.2, -0.15) is 0 Å². The van der Waals surface area contributed by atoms with Crippen LogP contribution < -0.4 is 23.7 Å². The lowest BCUT2D eigenvalue weighted by Crippen LogP contribution is -2.34. The minimum absolute atomic E-state index is 0.0427. The summed E-state index contributed by atoms with van der Waals surface area (Å²) in [5, 5.41) is 10.6. The van der Waals surface area contributed by atoms with Gasteiger partial charge in [-0.15, -0.1) is 0 Å². The van der Waals surface area contributed by atoms with Gasteiger partial charge in [0.05, 0.1) is 27.4 Å². The third kappa shape index (κ3) is 8.44. The van der Waals surface area contributed by atoms with Crippen LogP contribution in [0.1, 0.15) is 91.0 Å². The number of carbonyl (C=O) groups is 2. The van der Waals surface area contributed by atoms with E-state index in [-0.39, 0.29) is 24.5 Å². The van der Waals surface area contributed by atoms with E-state index < -0.39 is 0 Å². The summed E-state index contributed by atoms with van der Waals surface area (Å²) >= 11 is 0. The first-order valence-corrected chi connectivity index (χ1v) is 20.5. The first-order valence-electron chi connectivity index (χ1n) is 20.5. The molecule has 0 saturated carbocycles. The number of aldehydes is 1. The fourth-order valence-corrected chi connectivity index (χ4v) is 8.77. The lowest BCUT2D eigenvalue weighted by molar-refractivity contribution is 0.0977. The molecule has 0 radical (unpaired) electrons. The molecule has 10 heteroatoms. The Hall–Kier alpha value is -5.68. The van der Waals surface area contributed by atoms with E-state index in [2.05, 4.69) is 66.4 Å². The van der Waals surface area contributed by atoms with Gasteiger partial charge in [-0.3, -0.25) is 19.4 Å². The summed E-state index contributed by atoms with van der Waals surface area (Å²) in [6.45, 7) is 1.98. The van der Waals surface area contributed by atoms with Crippen molar-refractivity contribution in [2.75, 3.05) is 48.0 Å². The van der Waals surface area contributed by atoms with Gasteiger partial charge in [0.2, 0.25) is 0 Å². The second kappa shape index (κ2) is 17.7. The molecule has 0 unspecified atom stereocenters. The molecule has 306 valence electrons. The average Bonchev–Trinajstić information content (AvgIpc) is 3.26. The number of benzene rings is 5. The molecule has 0 saturated heterocycles. The zero-order valence-electron chi connectivity index (χ0n) is 34.3. The monoisotopic (exact) mass is 796 g/mol. The summed E-state index contributed by atoms with van der Waals surface area (Å²) in [5.41, 5.74) is 8.64. The van der Waals surface area contributed by atoms with Crippen molar-refractivity contribution < 1.29 is 38.4 Å². The first-order chi connectivity index (χ1) is 28.8. The molecule has 9 rings (SSSR count). The number of ether oxygens (including phenoxy) is 5. The van der Waals surface area contributed by atoms with E-state index in [1.807, 2.05) is 18.2 Å². The number of unbranched alkanes of at least 4 members (excludes halogenated alkanes) is 1. The highest BCUT2D eigenvalue weighted by atomic mass is 16.5. The van der Waals surface area contributed by atoms with Gasteiger partial charge >= 0.3 is 0 Å². The molecular weight excluding hydrogens is 745 g/mol. The summed E-state index contributed by atoms with van der Waals surface area (Å²) in [6.07, 6.45) is 5.63. The number of nitrogens with zero attached hydrogens (tertiary/aromatic N) is 2. The standard InChI is InChI=1S/C49H52N2O8/c1-50-20-18-35-27-44(55-3)46-28-39(35)40(50)23-31-10-15-38(16-11-31)58-45-25-33(12-17-43(45)57-22-6-5-7-42(54)34-13-8-32(29-52)9-14-34)24-41-47-36(19-21-51(41)2)26-37(30-53)48(56-4)49(47)59-46/h8-17,25-29,40-41,53H,5-7,18-24,30H2,1-4H3/t40-,41+/m0/s1. The molecule has 0 spiro atoms. The number of hydrogen-bond donors (Lipinski definition) is 1. The largest absolute Gasteiger partial charge is 0.493 e. The summed E-state index contributed by atoms with van der Waals surface area (Å²) in [4.78, 5) is 28.5. The molecule has 5 aromatic rings. The Bertz CT molecular complexity index is 2320. The molecule has 4 aliphatic heterocycles. The van der Waals surface area contributed by atoms with Crippen LogP contribution in [-0.4, -0.2) is 75.0 Å². The molecule has 0 amide bonds. The zero-order valence-corrected chi connectivity index (χ0v) is 34.3. The van der Waals surface area contributed by atoms with E-state index in [9.17, 15) is 14.7 Å². The summed E-state index contributed by atoms with van der Waals surface area (Å²) in [6, 6.07) is 27.5. The Kier molecular flexibility index (Phi) is 12.0. The maximum Gasteiger partial charge on any atom is 0.174 e. The van der Waals surface area contributed by atoms with Crippen molar-refractivity contribution in [2.24, 2.45) is 0 Å². The maximum atomic E-state index is 12.8. The van der Waals surface area contributed by atoms with Crippen molar-refractivity contribution in [3.63, 3.8) is 0 Å². The summed E-state index contributed by atoms with van der Waals surface area (Å²) in [7, 11) is 7.62. The van der Waals surface area contributed by atoms with Crippen LogP contribution in [0.25, 0.3) is 0 Å². The third-order valence-corrected chi connectivity index (χ3v) is 12.1. The lowest BCUT2D eigenvalue weighted by Gasteiger charge is -2.37. The van der Waals surface area contributed by atoms with E-state index >= 15 is 0 Å². The van der Waals surface area contributed by atoms with Crippen LogP contribution >= 0.6 is 0 Å². The fourth-order valence-electron chi connectivity index (χ4n) is 8.77. The van der Waals surface area contributed by atoms with Crippen molar-refractivity contribution in [1.82, 2.24) is 9.80 Å². The molecule has 1 N–H and O–H groups in total. The smallest absolute Gasteiger partial charge is 0.174 e. The van der Waals surface area contributed by atoms with E-state index in [0.29, 0.717) is 89.2 Å². The van der Waals surface area contributed by atoms with Gasteiger partial charge in [0.25, 0.3) is 0 Å². The Morgan fingerprint density at radius 3 is 2.22 bits per heavy atom. The van der Waals surface area contributed by atoms with Crippen LogP contribution in [-0.2, 0) is 32.3 Å². The number of methoxy groups -OCH3 is 2. The molecule has 5 aromatic carbocycles. The molecule has 0 aliphatic carbocycles. The Labute approximate surface area is 346 Å². The second-order valence-corrected chi connectivity index (χ2v) is 15.8. The Morgan fingerprint density at radius 1 is 0.780 bits per heavy atom. The number of ketones is 1. The molecular formula is C49H52N2O8. The van der Waals surface area contributed by atoms with Crippen LogP contribution in [0, 0.1) is 0 Å². The number of fused-ring (bicyclic) bond motifs is 2. The number of likely N-dealkylation sites (N-methyl/N-ethyl adjacent to an activating group) is 2. The third-order valence-electron chi connectivity index (χ3n) is 12.1.